The lowest BCUT2D eigenvalue weighted by Crippen LogP contribution is -2.33. The van der Waals surface area contributed by atoms with Gasteiger partial charge in [0.1, 0.15) is 5.75 Å². The molecule has 0 spiro atoms. The molecule has 0 bridgehead atoms. The van der Waals surface area contributed by atoms with Crippen molar-refractivity contribution in [2.24, 2.45) is 0 Å². The smallest absolute Gasteiger partial charge is 0.321 e. The molecule has 0 fully saturated rings. The number of fused-ring (bicyclic) bond motifs is 1. The molecule has 1 aromatic heterocycles. The number of urea groups is 1. The number of nitrogens with one attached hydrogen (secondary N) is 2. The van der Waals surface area contributed by atoms with E-state index >= 15 is 0 Å². The summed E-state index contributed by atoms with van der Waals surface area (Å²) in [5, 5.41) is 5.74. The molecule has 1 aromatic carbocycles. The number of carbonyl (C=O) groups excluding carboxylic acids is 2. The molecule has 2 aromatic rings. The summed E-state index contributed by atoms with van der Waals surface area (Å²) in [7, 11) is 1.71. The van der Waals surface area contributed by atoms with Crippen LogP contribution in [0.15, 0.2) is 36.7 Å². The summed E-state index contributed by atoms with van der Waals surface area (Å²) in [6, 6.07) is 6.71. The standard InChI is InChI=1S/C17H17ClN4O3/c1-22(7-4-11-2-5-19-6-3-11)17(24)21-13-9-15-14(8-12(13)18)20-16(23)10-25-15/h2-3,5-6,8-9H,4,7,10H2,1H3,(H,20,23)(H,21,24). The third-order valence-electron chi connectivity index (χ3n) is 3.78. The number of nitrogens with zero attached hydrogens (tertiary/aromatic N) is 2. The lowest BCUT2D eigenvalue weighted by molar-refractivity contribution is -0.118. The molecule has 2 heterocycles. The van der Waals surface area contributed by atoms with Gasteiger partial charge in [0, 0.05) is 32.1 Å². The monoisotopic (exact) mass is 360 g/mol. The van der Waals surface area contributed by atoms with Crippen molar-refractivity contribution < 1.29 is 14.3 Å². The number of anilines is 2. The van der Waals surface area contributed by atoms with E-state index < -0.39 is 0 Å². The number of hydrogen-bond donors (Lipinski definition) is 2. The molecule has 0 radical (unpaired) electrons. The van der Waals surface area contributed by atoms with Crippen LogP contribution in [0.5, 0.6) is 5.75 Å². The predicted octanol–water partition coefficient (Wildman–Crippen LogP) is 2.77. The van der Waals surface area contributed by atoms with Crippen molar-refractivity contribution in [1.29, 1.82) is 0 Å². The van der Waals surface area contributed by atoms with Gasteiger partial charge in [-0.3, -0.25) is 9.78 Å². The molecule has 0 atom stereocenters. The highest BCUT2D eigenvalue weighted by Gasteiger charge is 2.19. The molecule has 25 heavy (non-hydrogen) atoms. The lowest BCUT2D eigenvalue weighted by Gasteiger charge is -2.21. The summed E-state index contributed by atoms with van der Waals surface area (Å²) in [4.78, 5) is 29.2. The molecular formula is C17H17ClN4O3. The molecule has 0 aliphatic carbocycles. The predicted molar refractivity (Wildman–Crippen MR) is 95.2 cm³/mol. The quantitative estimate of drug-likeness (QED) is 0.878. The maximum Gasteiger partial charge on any atom is 0.321 e. The highest BCUT2D eigenvalue weighted by Crippen LogP contribution is 2.36. The number of hydrogen-bond acceptors (Lipinski definition) is 4. The lowest BCUT2D eigenvalue weighted by atomic mass is 10.2. The summed E-state index contributed by atoms with van der Waals surface area (Å²) in [6.45, 7) is 0.485. The molecule has 3 rings (SSSR count). The number of likely N-dealkylation sites (N-methyl/N-ethyl adjacent to an activating group) is 1. The summed E-state index contributed by atoms with van der Waals surface area (Å²) >= 11 is 6.18. The Morgan fingerprint density at radius 3 is 2.92 bits per heavy atom. The van der Waals surface area contributed by atoms with Gasteiger partial charge in [0.2, 0.25) is 0 Å². The fourth-order valence-corrected chi connectivity index (χ4v) is 2.57. The van der Waals surface area contributed by atoms with Gasteiger partial charge in [-0.2, -0.15) is 0 Å². The molecule has 0 unspecified atom stereocenters. The van der Waals surface area contributed by atoms with Crippen molar-refractivity contribution in [2.75, 3.05) is 30.8 Å². The van der Waals surface area contributed by atoms with E-state index in [4.69, 9.17) is 16.3 Å². The first-order valence-electron chi connectivity index (χ1n) is 7.70. The van der Waals surface area contributed by atoms with Crippen molar-refractivity contribution in [3.8, 4) is 5.75 Å². The van der Waals surface area contributed by atoms with Crippen LogP contribution in [0.4, 0.5) is 16.2 Å². The van der Waals surface area contributed by atoms with Crippen LogP contribution < -0.4 is 15.4 Å². The van der Waals surface area contributed by atoms with Gasteiger partial charge in [-0.05, 0) is 30.2 Å². The molecule has 0 saturated heterocycles. The van der Waals surface area contributed by atoms with Crippen molar-refractivity contribution in [3.63, 3.8) is 0 Å². The maximum absolute atomic E-state index is 12.3. The van der Waals surface area contributed by atoms with Gasteiger partial charge in [-0.1, -0.05) is 11.6 Å². The molecule has 1 aliphatic heterocycles. The fourth-order valence-electron chi connectivity index (χ4n) is 2.35. The summed E-state index contributed by atoms with van der Waals surface area (Å²) in [5.74, 6) is 0.231. The number of benzene rings is 1. The molecule has 0 saturated carbocycles. The molecule has 130 valence electrons. The second-order valence-electron chi connectivity index (χ2n) is 5.62. The van der Waals surface area contributed by atoms with E-state index in [0.717, 1.165) is 12.0 Å². The first-order valence-corrected chi connectivity index (χ1v) is 8.08. The Hall–Kier alpha value is -2.80. The zero-order valence-electron chi connectivity index (χ0n) is 13.6. The molecular weight excluding hydrogens is 344 g/mol. The van der Waals surface area contributed by atoms with Crippen LogP contribution in [-0.4, -0.2) is 42.0 Å². The first kappa shape index (κ1) is 17.0. The second-order valence-corrected chi connectivity index (χ2v) is 6.03. The Kier molecular flexibility index (Phi) is 5.04. The van der Waals surface area contributed by atoms with E-state index in [1.807, 2.05) is 12.1 Å². The number of carbonyl (C=O) groups is 2. The van der Waals surface area contributed by atoms with Crippen LogP contribution in [0.25, 0.3) is 0 Å². The zero-order chi connectivity index (χ0) is 17.8. The van der Waals surface area contributed by atoms with Crippen LogP contribution in [0.2, 0.25) is 5.02 Å². The van der Waals surface area contributed by atoms with E-state index in [1.165, 1.54) is 0 Å². The molecule has 8 heteroatoms. The van der Waals surface area contributed by atoms with Crippen LogP contribution >= 0.6 is 11.6 Å². The zero-order valence-corrected chi connectivity index (χ0v) is 14.3. The van der Waals surface area contributed by atoms with Crippen LogP contribution in [0.1, 0.15) is 5.56 Å². The minimum Gasteiger partial charge on any atom is -0.482 e. The minimum atomic E-state index is -0.282. The van der Waals surface area contributed by atoms with Gasteiger partial charge in [-0.25, -0.2) is 4.79 Å². The third-order valence-corrected chi connectivity index (χ3v) is 4.09. The van der Waals surface area contributed by atoms with Crippen LogP contribution in [0.3, 0.4) is 0 Å². The summed E-state index contributed by atoms with van der Waals surface area (Å²) < 4.78 is 5.34. The Morgan fingerprint density at radius 2 is 2.16 bits per heavy atom. The third kappa shape index (κ3) is 4.19. The molecule has 7 nitrogen and oxygen atoms in total. The van der Waals surface area contributed by atoms with Crippen molar-refractivity contribution in [1.82, 2.24) is 9.88 Å². The van der Waals surface area contributed by atoms with Gasteiger partial charge in [0.05, 0.1) is 16.4 Å². The number of halogens is 1. The SMILES string of the molecule is CN(CCc1ccncc1)C(=O)Nc1cc2c(cc1Cl)NC(=O)CO2. The Bertz CT molecular complexity index is 798. The summed E-state index contributed by atoms with van der Waals surface area (Å²) in [5.41, 5.74) is 2.02. The average Bonchev–Trinajstić information content (AvgIpc) is 2.61. The van der Waals surface area contributed by atoms with Crippen LogP contribution in [0, 0.1) is 0 Å². The Morgan fingerprint density at radius 1 is 1.40 bits per heavy atom. The average molecular weight is 361 g/mol. The molecule has 1 aliphatic rings. The summed E-state index contributed by atoms with van der Waals surface area (Å²) in [6.07, 6.45) is 4.17. The Balaban J connectivity index is 1.63. The van der Waals surface area contributed by atoms with Crippen LogP contribution in [-0.2, 0) is 11.2 Å². The van der Waals surface area contributed by atoms with E-state index in [-0.39, 0.29) is 18.5 Å². The van der Waals surface area contributed by atoms with E-state index in [2.05, 4.69) is 15.6 Å². The van der Waals surface area contributed by atoms with E-state index in [0.29, 0.717) is 28.7 Å². The first-order chi connectivity index (χ1) is 12.0. The van der Waals surface area contributed by atoms with E-state index in [9.17, 15) is 9.59 Å². The number of ether oxygens (including phenoxy) is 1. The highest BCUT2D eigenvalue weighted by molar-refractivity contribution is 6.34. The number of aromatic nitrogens is 1. The highest BCUT2D eigenvalue weighted by atomic mass is 35.5. The number of amides is 3. The molecule has 3 amide bonds. The normalized spacial score (nSPS) is 12.6. The van der Waals surface area contributed by atoms with Crippen molar-refractivity contribution in [3.05, 3.63) is 47.2 Å². The Labute approximate surface area is 149 Å². The van der Waals surface area contributed by atoms with Gasteiger partial charge in [-0.15, -0.1) is 0 Å². The maximum atomic E-state index is 12.3. The van der Waals surface area contributed by atoms with Gasteiger partial charge in [0.15, 0.2) is 6.61 Å². The fraction of sp³-hybridized carbons (Fsp3) is 0.235. The van der Waals surface area contributed by atoms with Gasteiger partial charge >= 0.3 is 6.03 Å². The van der Waals surface area contributed by atoms with Crippen molar-refractivity contribution in [2.45, 2.75) is 6.42 Å². The topological polar surface area (TPSA) is 83.6 Å². The number of rotatable bonds is 4. The minimum absolute atomic E-state index is 0.0617. The van der Waals surface area contributed by atoms with Crippen molar-refractivity contribution >= 4 is 34.9 Å². The van der Waals surface area contributed by atoms with Gasteiger partial charge in [0.25, 0.3) is 5.91 Å². The second kappa shape index (κ2) is 7.40. The largest absolute Gasteiger partial charge is 0.482 e. The van der Waals surface area contributed by atoms with E-state index in [1.54, 1.807) is 36.5 Å². The number of pyridine rings is 1. The molecule has 2 N–H and O–H groups in total. The van der Waals surface area contributed by atoms with Gasteiger partial charge < -0.3 is 20.3 Å².